The van der Waals surface area contributed by atoms with E-state index in [-0.39, 0.29) is 5.37 Å². The fraction of sp³-hybridized carbons (Fsp3) is 1.00. The first kappa shape index (κ1) is 18.3. The molecule has 1 aliphatic rings. The van der Waals surface area contributed by atoms with Gasteiger partial charge < -0.3 is 5.73 Å². The maximum atomic E-state index is 11.8. The van der Waals surface area contributed by atoms with Gasteiger partial charge >= 0.3 is 0 Å². The lowest BCUT2D eigenvalue weighted by Crippen LogP contribution is -2.47. The fourth-order valence-electron chi connectivity index (χ4n) is 2.85. The largest absolute Gasteiger partial charge is 0.330 e. The first-order valence-corrected chi connectivity index (χ1v) is 10.7. The van der Waals surface area contributed by atoms with Crippen molar-refractivity contribution in [2.45, 2.75) is 38.5 Å². The molecule has 0 aromatic rings. The fourth-order valence-corrected chi connectivity index (χ4v) is 5.82. The van der Waals surface area contributed by atoms with E-state index >= 15 is 0 Å². The summed E-state index contributed by atoms with van der Waals surface area (Å²) in [6, 6.07) is 0. The van der Waals surface area contributed by atoms with Gasteiger partial charge in [0.05, 0.1) is 0 Å². The van der Waals surface area contributed by atoms with Crippen LogP contribution >= 0.6 is 11.8 Å². The standard InChI is InChI=1S/C14H30N2O2S2/c1-12(2)13(6-7-15)5-4-8-16-9-10-19-11-14(16)20(3,17)18/h12-14H,4-11,15H2,1-3H3. The molecule has 2 unspecified atom stereocenters. The van der Waals surface area contributed by atoms with Gasteiger partial charge in [0, 0.05) is 24.3 Å². The number of hydrogen-bond donors (Lipinski definition) is 1. The van der Waals surface area contributed by atoms with Gasteiger partial charge in [-0.3, -0.25) is 4.90 Å². The van der Waals surface area contributed by atoms with E-state index in [0.717, 1.165) is 50.4 Å². The second kappa shape index (κ2) is 8.61. The van der Waals surface area contributed by atoms with E-state index < -0.39 is 9.84 Å². The minimum absolute atomic E-state index is 0.284. The summed E-state index contributed by atoms with van der Waals surface area (Å²) >= 11 is 1.75. The summed E-state index contributed by atoms with van der Waals surface area (Å²) in [6.07, 6.45) is 4.65. The third-order valence-corrected chi connectivity index (χ3v) is 6.87. The molecule has 1 fully saturated rings. The smallest absolute Gasteiger partial charge is 0.164 e. The highest BCUT2D eigenvalue weighted by molar-refractivity contribution is 8.00. The van der Waals surface area contributed by atoms with Gasteiger partial charge in [0.15, 0.2) is 9.84 Å². The molecular weight excluding hydrogens is 292 g/mol. The maximum Gasteiger partial charge on any atom is 0.164 e. The Morgan fingerprint density at radius 1 is 1.35 bits per heavy atom. The van der Waals surface area contributed by atoms with Crippen LogP contribution < -0.4 is 5.73 Å². The molecule has 1 saturated heterocycles. The maximum absolute atomic E-state index is 11.8. The summed E-state index contributed by atoms with van der Waals surface area (Å²) in [6.45, 7) is 7.03. The summed E-state index contributed by atoms with van der Waals surface area (Å²) in [7, 11) is -2.97. The lowest BCUT2D eigenvalue weighted by Gasteiger charge is -2.34. The molecular formula is C14H30N2O2S2. The van der Waals surface area contributed by atoms with Crippen LogP contribution in [0.15, 0.2) is 0 Å². The van der Waals surface area contributed by atoms with E-state index in [4.69, 9.17) is 5.73 Å². The Hall–Kier alpha value is 0.220. The van der Waals surface area contributed by atoms with Crippen LogP contribution in [0.2, 0.25) is 0 Å². The predicted molar refractivity (Wildman–Crippen MR) is 88.8 cm³/mol. The first-order valence-electron chi connectivity index (χ1n) is 7.57. The van der Waals surface area contributed by atoms with E-state index in [1.54, 1.807) is 11.8 Å². The summed E-state index contributed by atoms with van der Waals surface area (Å²) in [5.74, 6) is 3.08. The van der Waals surface area contributed by atoms with Crippen molar-refractivity contribution in [3.05, 3.63) is 0 Å². The number of rotatable bonds is 8. The lowest BCUT2D eigenvalue weighted by atomic mass is 9.88. The first-order chi connectivity index (χ1) is 9.36. The van der Waals surface area contributed by atoms with Gasteiger partial charge in [-0.05, 0) is 44.2 Å². The van der Waals surface area contributed by atoms with Gasteiger partial charge in [0.2, 0.25) is 0 Å². The summed E-state index contributed by atoms with van der Waals surface area (Å²) in [5.41, 5.74) is 5.67. The Morgan fingerprint density at radius 3 is 2.60 bits per heavy atom. The van der Waals surface area contributed by atoms with E-state index in [0.29, 0.717) is 11.8 Å². The van der Waals surface area contributed by atoms with Crippen LogP contribution in [0.4, 0.5) is 0 Å². The molecule has 4 nitrogen and oxygen atoms in total. The molecule has 1 aliphatic heterocycles. The third-order valence-electron chi connectivity index (χ3n) is 4.19. The zero-order valence-electron chi connectivity index (χ0n) is 13.0. The molecule has 0 radical (unpaired) electrons. The predicted octanol–water partition coefficient (Wildman–Crippen LogP) is 1.81. The van der Waals surface area contributed by atoms with Crippen molar-refractivity contribution in [1.82, 2.24) is 4.90 Å². The molecule has 6 heteroatoms. The quantitative estimate of drug-likeness (QED) is 0.738. The van der Waals surface area contributed by atoms with Crippen LogP contribution in [0, 0.1) is 11.8 Å². The van der Waals surface area contributed by atoms with E-state index in [2.05, 4.69) is 18.7 Å². The lowest BCUT2D eigenvalue weighted by molar-refractivity contribution is 0.244. The van der Waals surface area contributed by atoms with Crippen LogP contribution in [0.5, 0.6) is 0 Å². The molecule has 2 atom stereocenters. The van der Waals surface area contributed by atoms with E-state index in [1.165, 1.54) is 6.26 Å². The van der Waals surface area contributed by atoms with Crippen LogP contribution in [0.3, 0.4) is 0 Å². The van der Waals surface area contributed by atoms with Gasteiger partial charge in [0.1, 0.15) is 5.37 Å². The van der Waals surface area contributed by atoms with Crippen LogP contribution in [0.25, 0.3) is 0 Å². The molecule has 2 N–H and O–H groups in total. The van der Waals surface area contributed by atoms with Crippen molar-refractivity contribution < 1.29 is 8.42 Å². The molecule has 0 saturated carbocycles. The molecule has 0 aromatic carbocycles. The Labute approximate surface area is 128 Å². The average molecular weight is 323 g/mol. The Morgan fingerprint density at radius 2 is 2.05 bits per heavy atom. The molecule has 0 bridgehead atoms. The van der Waals surface area contributed by atoms with Crippen molar-refractivity contribution in [2.75, 3.05) is 37.4 Å². The number of hydrogen-bond acceptors (Lipinski definition) is 5. The SMILES string of the molecule is CC(C)C(CCN)CCCN1CCSCC1S(C)(=O)=O. The van der Waals surface area contributed by atoms with E-state index in [9.17, 15) is 8.42 Å². The summed E-state index contributed by atoms with van der Waals surface area (Å²) in [4.78, 5) is 2.16. The average Bonchev–Trinajstić information content (AvgIpc) is 2.37. The highest BCUT2D eigenvalue weighted by Crippen LogP contribution is 2.24. The molecule has 0 aromatic heterocycles. The minimum Gasteiger partial charge on any atom is -0.330 e. The molecule has 0 spiro atoms. The van der Waals surface area contributed by atoms with Crippen LogP contribution in [-0.2, 0) is 9.84 Å². The zero-order valence-corrected chi connectivity index (χ0v) is 14.7. The Bertz CT molecular complexity index is 371. The van der Waals surface area contributed by atoms with Crippen molar-refractivity contribution in [3.63, 3.8) is 0 Å². The van der Waals surface area contributed by atoms with Gasteiger partial charge in [-0.25, -0.2) is 8.42 Å². The number of thioether (sulfide) groups is 1. The second-order valence-electron chi connectivity index (χ2n) is 6.12. The summed E-state index contributed by atoms with van der Waals surface area (Å²) < 4.78 is 23.7. The molecule has 1 rings (SSSR count). The molecule has 0 aliphatic carbocycles. The van der Waals surface area contributed by atoms with Gasteiger partial charge in [0.25, 0.3) is 0 Å². The van der Waals surface area contributed by atoms with Gasteiger partial charge in [-0.15, -0.1) is 0 Å². The molecule has 20 heavy (non-hydrogen) atoms. The normalized spacial score (nSPS) is 23.1. The summed E-state index contributed by atoms with van der Waals surface area (Å²) in [5, 5.41) is -0.284. The highest BCUT2D eigenvalue weighted by Gasteiger charge is 2.30. The van der Waals surface area contributed by atoms with Crippen molar-refractivity contribution in [1.29, 1.82) is 0 Å². The van der Waals surface area contributed by atoms with Crippen molar-refractivity contribution in [2.24, 2.45) is 17.6 Å². The number of nitrogens with two attached hydrogens (primary N) is 1. The van der Waals surface area contributed by atoms with Crippen molar-refractivity contribution in [3.8, 4) is 0 Å². The third kappa shape index (κ3) is 5.92. The topological polar surface area (TPSA) is 63.4 Å². The minimum atomic E-state index is -2.97. The van der Waals surface area contributed by atoms with Crippen LogP contribution in [-0.4, -0.2) is 56.1 Å². The van der Waals surface area contributed by atoms with Crippen LogP contribution in [0.1, 0.15) is 33.1 Å². The molecule has 120 valence electrons. The Balaban J connectivity index is 2.46. The zero-order chi connectivity index (χ0) is 15.2. The van der Waals surface area contributed by atoms with Gasteiger partial charge in [-0.1, -0.05) is 13.8 Å². The Kier molecular flexibility index (Phi) is 7.87. The van der Waals surface area contributed by atoms with Gasteiger partial charge in [-0.2, -0.15) is 11.8 Å². The second-order valence-corrected chi connectivity index (χ2v) is 9.47. The highest BCUT2D eigenvalue weighted by atomic mass is 32.2. The number of sulfone groups is 1. The molecule has 1 heterocycles. The monoisotopic (exact) mass is 322 g/mol. The molecule has 0 amide bonds. The van der Waals surface area contributed by atoms with Crippen molar-refractivity contribution >= 4 is 21.6 Å². The number of nitrogens with zero attached hydrogens (tertiary/aromatic N) is 1. The van der Waals surface area contributed by atoms with E-state index in [1.807, 2.05) is 0 Å².